The summed E-state index contributed by atoms with van der Waals surface area (Å²) in [6, 6.07) is 0. The quantitative estimate of drug-likeness (QED) is 0.277. The van der Waals surface area contributed by atoms with Crippen molar-refractivity contribution in [1.82, 2.24) is 5.32 Å². The van der Waals surface area contributed by atoms with Gasteiger partial charge in [0.1, 0.15) is 0 Å². The van der Waals surface area contributed by atoms with Crippen LogP contribution in [0.25, 0.3) is 0 Å². The van der Waals surface area contributed by atoms with Crippen LogP contribution in [0.4, 0.5) is 0 Å². The second kappa shape index (κ2) is 11.5. The highest BCUT2D eigenvalue weighted by Crippen LogP contribution is 2.76. The van der Waals surface area contributed by atoms with Gasteiger partial charge in [-0.15, -0.1) is 0 Å². The third-order valence-electron chi connectivity index (χ3n) is 17.3. The number of rotatable bonds is 6. The first-order valence-corrected chi connectivity index (χ1v) is 19.8. The Labute approximate surface area is 276 Å². The van der Waals surface area contributed by atoms with Crippen molar-refractivity contribution in [3.63, 3.8) is 0 Å². The highest BCUT2D eigenvalue weighted by atomic mass is 16.3. The number of hydrogen-bond acceptors (Lipinski definition) is 3. The monoisotopic (exact) mass is 620 g/mol. The van der Waals surface area contributed by atoms with Crippen LogP contribution in [-0.4, -0.2) is 34.5 Å². The number of aliphatic hydroxyl groups is 2. The fourth-order valence-electron chi connectivity index (χ4n) is 14.4. The van der Waals surface area contributed by atoms with Gasteiger partial charge in [0, 0.05) is 12.1 Å². The molecule has 3 heteroatoms. The molecular weight excluding hydrogens is 550 g/mol. The van der Waals surface area contributed by atoms with Crippen LogP contribution in [0.2, 0.25) is 0 Å². The van der Waals surface area contributed by atoms with Crippen molar-refractivity contribution < 1.29 is 10.2 Å². The van der Waals surface area contributed by atoms with E-state index in [1.54, 1.807) is 11.1 Å². The molecule has 45 heavy (non-hydrogen) atoms. The third-order valence-corrected chi connectivity index (χ3v) is 17.3. The van der Waals surface area contributed by atoms with Crippen molar-refractivity contribution >= 4 is 0 Å². The van der Waals surface area contributed by atoms with Crippen molar-refractivity contribution in [3.05, 3.63) is 23.3 Å². The lowest BCUT2D eigenvalue weighted by molar-refractivity contribution is -0.218. The van der Waals surface area contributed by atoms with E-state index in [9.17, 15) is 10.2 Å². The van der Waals surface area contributed by atoms with Crippen molar-refractivity contribution in [3.8, 4) is 0 Å². The Bertz CT molecular complexity index is 1180. The van der Waals surface area contributed by atoms with Gasteiger partial charge in [-0.1, -0.05) is 60.1 Å². The first-order valence-electron chi connectivity index (χ1n) is 19.8. The van der Waals surface area contributed by atoms with E-state index >= 15 is 0 Å². The fourth-order valence-corrected chi connectivity index (χ4v) is 14.4. The smallest absolute Gasteiger partial charge is 0.0660 e. The van der Waals surface area contributed by atoms with Gasteiger partial charge in [-0.25, -0.2) is 0 Å². The Morgan fingerprint density at radius 2 is 1.56 bits per heavy atom. The summed E-state index contributed by atoms with van der Waals surface area (Å²) in [5, 5.41) is 25.3. The normalized spacial score (nSPS) is 50.8. The number of fused-ring (bicyclic) bond motifs is 7. The van der Waals surface area contributed by atoms with Gasteiger partial charge in [0.05, 0.1) is 5.60 Å². The van der Waals surface area contributed by atoms with Crippen molar-refractivity contribution in [2.24, 2.45) is 57.2 Å². The molecule has 254 valence electrons. The summed E-state index contributed by atoms with van der Waals surface area (Å²) in [7, 11) is 0. The molecule has 7 aliphatic rings. The molecule has 2 unspecified atom stereocenters. The minimum absolute atomic E-state index is 0.224. The van der Waals surface area contributed by atoms with E-state index in [1.165, 1.54) is 77.0 Å². The van der Waals surface area contributed by atoms with Crippen LogP contribution < -0.4 is 5.32 Å². The molecule has 0 bridgehead atoms. The molecule has 3 nitrogen and oxygen atoms in total. The van der Waals surface area contributed by atoms with Gasteiger partial charge in [0.15, 0.2) is 0 Å². The average Bonchev–Trinajstić information content (AvgIpc) is 3.43. The number of hydrogen-bond donors (Lipinski definition) is 3. The van der Waals surface area contributed by atoms with Gasteiger partial charge >= 0.3 is 0 Å². The summed E-state index contributed by atoms with van der Waals surface area (Å²) in [6.07, 6.45) is 27.7. The molecule has 0 aromatic carbocycles. The Morgan fingerprint density at radius 1 is 0.778 bits per heavy atom. The lowest BCUT2D eigenvalue weighted by Gasteiger charge is -2.72. The molecule has 0 aromatic heterocycles. The second-order valence-electron chi connectivity index (χ2n) is 19.5. The molecule has 0 aromatic rings. The summed E-state index contributed by atoms with van der Waals surface area (Å²) in [5.74, 6) is 4.48. The molecule has 5 saturated carbocycles. The van der Waals surface area contributed by atoms with Crippen LogP contribution >= 0.6 is 0 Å². The Hall–Kier alpha value is -0.640. The SMILES string of the molecule is CC1CCC(O)(CCN[C@]23CCC[C@@H]2[C@H]2CCC4[C@@]5(C)CC=C(C6=CC[C@H](CO)CC6)C(C)(C)C5CC[C@@]4(C)[C@]2(C)CC3)CC1. The summed E-state index contributed by atoms with van der Waals surface area (Å²) in [4.78, 5) is 0. The zero-order valence-corrected chi connectivity index (χ0v) is 30.2. The second-order valence-corrected chi connectivity index (χ2v) is 19.5. The predicted molar refractivity (Wildman–Crippen MR) is 187 cm³/mol. The van der Waals surface area contributed by atoms with Crippen LogP contribution in [0, 0.1) is 57.2 Å². The lowest BCUT2D eigenvalue weighted by atomic mass is 9.33. The van der Waals surface area contributed by atoms with E-state index in [2.05, 4.69) is 59.0 Å². The number of nitrogens with one attached hydrogen (secondary N) is 1. The third kappa shape index (κ3) is 5.04. The van der Waals surface area contributed by atoms with Gasteiger partial charge in [-0.2, -0.15) is 0 Å². The highest BCUT2D eigenvalue weighted by Gasteiger charge is 2.69. The molecule has 7 aliphatic carbocycles. The molecule has 3 N–H and O–H groups in total. The van der Waals surface area contributed by atoms with Gasteiger partial charge in [-0.05, 0) is 184 Å². The fraction of sp³-hybridized carbons (Fsp3) is 0.905. The zero-order valence-electron chi connectivity index (χ0n) is 30.2. The molecule has 5 fully saturated rings. The predicted octanol–water partition coefficient (Wildman–Crippen LogP) is 9.77. The molecule has 0 aliphatic heterocycles. The topological polar surface area (TPSA) is 52.5 Å². The number of aliphatic hydroxyl groups excluding tert-OH is 1. The molecule has 0 saturated heterocycles. The maximum atomic E-state index is 11.4. The zero-order chi connectivity index (χ0) is 31.9. The number of allylic oxidation sites excluding steroid dienone is 4. The maximum Gasteiger partial charge on any atom is 0.0660 e. The maximum absolute atomic E-state index is 11.4. The van der Waals surface area contributed by atoms with Crippen LogP contribution in [0.3, 0.4) is 0 Å². The first-order chi connectivity index (χ1) is 21.3. The molecule has 0 spiro atoms. The van der Waals surface area contributed by atoms with E-state index in [-0.39, 0.29) is 5.41 Å². The Balaban J connectivity index is 1.10. The van der Waals surface area contributed by atoms with Crippen LogP contribution in [0.15, 0.2) is 23.3 Å². The van der Waals surface area contributed by atoms with Crippen molar-refractivity contribution in [2.45, 2.75) is 168 Å². The Kier molecular flexibility index (Phi) is 8.38. The van der Waals surface area contributed by atoms with Crippen LogP contribution in [0.1, 0.15) is 157 Å². The standard InChI is InChI=1S/C42H69NO2/c1-29-15-22-41(45,23-16-29)26-27-43-42-19-7-8-34(42)33-13-14-36-38(4)20-17-32(31-11-9-30(28-44)10-12-31)37(2,3)35(38)18-21-40(36,6)39(33,5)24-25-42/h11,17,29-30,33-36,43-45H,7-10,12-16,18-28H2,1-6H3/t29?,30-,33+,34+,35?,36?,38-,39+,40+,41?,42-/m0/s1. The molecule has 0 radical (unpaired) electrons. The van der Waals surface area contributed by atoms with E-state index in [4.69, 9.17) is 0 Å². The summed E-state index contributed by atoms with van der Waals surface area (Å²) in [5.41, 5.74) is 4.62. The summed E-state index contributed by atoms with van der Waals surface area (Å²) < 4.78 is 0. The lowest BCUT2D eigenvalue weighted by Crippen LogP contribution is -2.67. The van der Waals surface area contributed by atoms with E-state index in [0.29, 0.717) is 34.3 Å². The highest BCUT2D eigenvalue weighted by molar-refractivity contribution is 5.41. The van der Waals surface area contributed by atoms with Gasteiger partial charge < -0.3 is 15.5 Å². The molecule has 7 rings (SSSR count). The molecular formula is C42H69NO2. The van der Waals surface area contributed by atoms with E-state index in [1.807, 2.05) is 0 Å². The van der Waals surface area contributed by atoms with Crippen LogP contribution in [-0.2, 0) is 0 Å². The molecule has 0 amide bonds. The molecule has 9 atom stereocenters. The summed E-state index contributed by atoms with van der Waals surface area (Å²) in [6.45, 7) is 17.2. The molecule has 0 heterocycles. The minimum atomic E-state index is -0.426. The van der Waals surface area contributed by atoms with Gasteiger partial charge in [0.2, 0.25) is 0 Å². The first kappa shape index (κ1) is 32.9. The van der Waals surface area contributed by atoms with Gasteiger partial charge in [-0.3, -0.25) is 0 Å². The van der Waals surface area contributed by atoms with Crippen molar-refractivity contribution in [1.29, 1.82) is 0 Å². The van der Waals surface area contributed by atoms with E-state index < -0.39 is 5.60 Å². The van der Waals surface area contributed by atoms with Crippen molar-refractivity contribution in [2.75, 3.05) is 13.2 Å². The van der Waals surface area contributed by atoms with Gasteiger partial charge in [0.25, 0.3) is 0 Å². The summed E-state index contributed by atoms with van der Waals surface area (Å²) >= 11 is 0. The minimum Gasteiger partial charge on any atom is -0.396 e. The Morgan fingerprint density at radius 3 is 2.27 bits per heavy atom. The van der Waals surface area contributed by atoms with Crippen LogP contribution in [0.5, 0.6) is 0 Å². The average molecular weight is 620 g/mol. The van der Waals surface area contributed by atoms with E-state index in [0.717, 1.165) is 74.7 Å². The largest absolute Gasteiger partial charge is 0.396 e.